The predicted molar refractivity (Wildman–Crippen MR) is 98.8 cm³/mol. The van der Waals surface area contributed by atoms with Crippen LogP contribution in [0.25, 0.3) is 0 Å². The minimum Gasteiger partial charge on any atom is -0.303 e. The van der Waals surface area contributed by atoms with Crippen LogP contribution in [0, 0.1) is 20.8 Å². The number of aryl methyl sites for hydroxylation is 3. The van der Waals surface area contributed by atoms with Gasteiger partial charge >= 0.3 is 16.1 Å². The molecule has 3 aromatic rings. The second-order valence-corrected chi connectivity index (χ2v) is 7.85. The second kappa shape index (κ2) is 6.84. The molecule has 0 saturated carbocycles. The Morgan fingerprint density at radius 1 is 1.08 bits per heavy atom. The monoisotopic (exact) mass is 372 g/mol. The molecule has 0 aliphatic rings. The van der Waals surface area contributed by atoms with Gasteiger partial charge in [-0.05, 0) is 37.5 Å². The molecule has 3 rings (SSSR count). The quantitative estimate of drug-likeness (QED) is 0.423. The zero-order valence-corrected chi connectivity index (χ0v) is 15.8. The molecule has 136 valence electrons. The molecule has 2 N–H and O–H groups in total. The van der Waals surface area contributed by atoms with Crippen LogP contribution >= 0.6 is 0 Å². The van der Waals surface area contributed by atoms with Gasteiger partial charge in [0.05, 0.1) is 0 Å². The SMILES string of the molecule is Cc1cc(C)c(S(=O)(=O)Oc2n(N)cc[n+]2Cc2ccccc2)c(C)c1. The molecule has 0 fully saturated rings. The maximum Gasteiger partial charge on any atom is 0.496 e. The zero-order valence-electron chi connectivity index (χ0n) is 15.0. The van der Waals surface area contributed by atoms with Crippen molar-refractivity contribution in [1.82, 2.24) is 4.68 Å². The summed E-state index contributed by atoms with van der Waals surface area (Å²) in [6, 6.07) is 13.4. The Labute approximate surface area is 153 Å². The van der Waals surface area contributed by atoms with E-state index >= 15 is 0 Å². The molecular formula is C19H22N3O3S+. The van der Waals surface area contributed by atoms with Crippen LogP contribution in [0.4, 0.5) is 0 Å². The first-order chi connectivity index (χ1) is 12.3. The van der Waals surface area contributed by atoms with Crippen molar-refractivity contribution in [1.29, 1.82) is 0 Å². The number of nitrogens with zero attached hydrogens (tertiary/aromatic N) is 2. The van der Waals surface area contributed by atoms with Crippen molar-refractivity contribution in [3.63, 3.8) is 0 Å². The average molecular weight is 372 g/mol. The highest BCUT2D eigenvalue weighted by atomic mass is 32.2. The largest absolute Gasteiger partial charge is 0.496 e. The van der Waals surface area contributed by atoms with Crippen LogP contribution < -0.4 is 14.6 Å². The molecule has 1 aromatic heterocycles. The van der Waals surface area contributed by atoms with Crippen LogP contribution in [0.15, 0.2) is 59.8 Å². The van der Waals surface area contributed by atoms with Gasteiger partial charge in [0.25, 0.3) is 0 Å². The summed E-state index contributed by atoms with van der Waals surface area (Å²) >= 11 is 0. The van der Waals surface area contributed by atoms with Gasteiger partial charge in [-0.25, -0.2) is 0 Å². The van der Waals surface area contributed by atoms with Crippen molar-refractivity contribution >= 4 is 10.1 Å². The molecule has 0 radical (unpaired) electrons. The Bertz CT molecular complexity index is 1020. The average Bonchev–Trinajstić information content (AvgIpc) is 2.87. The van der Waals surface area contributed by atoms with Crippen LogP contribution in [0.5, 0.6) is 6.01 Å². The number of imidazole rings is 1. The number of nitrogen functional groups attached to an aromatic ring is 1. The Kier molecular flexibility index (Phi) is 4.73. The number of rotatable bonds is 5. The topological polar surface area (TPSA) is 78.2 Å². The molecule has 0 amide bonds. The van der Waals surface area contributed by atoms with Crippen molar-refractivity contribution in [3.8, 4) is 6.01 Å². The zero-order chi connectivity index (χ0) is 18.9. The molecule has 0 aliphatic carbocycles. The first-order valence-corrected chi connectivity index (χ1v) is 9.61. The van der Waals surface area contributed by atoms with E-state index < -0.39 is 10.1 Å². The van der Waals surface area contributed by atoms with Gasteiger partial charge in [0, 0.05) is 0 Å². The first kappa shape index (κ1) is 18.0. The van der Waals surface area contributed by atoms with Gasteiger partial charge in [-0.2, -0.15) is 13.0 Å². The van der Waals surface area contributed by atoms with Crippen molar-refractivity contribution in [2.75, 3.05) is 5.84 Å². The van der Waals surface area contributed by atoms with Crippen LogP contribution in [0.2, 0.25) is 0 Å². The molecule has 0 spiro atoms. The van der Waals surface area contributed by atoms with E-state index in [2.05, 4.69) is 0 Å². The summed E-state index contributed by atoms with van der Waals surface area (Å²) in [5.74, 6) is 5.89. The summed E-state index contributed by atoms with van der Waals surface area (Å²) in [6.07, 6.45) is 3.25. The Morgan fingerprint density at radius 3 is 2.31 bits per heavy atom. The molecule has 0 bridgehead atoms. The van der Waals surface area contributed by atoms with E-state index in [1.165, 1.54) is 4.68 Å². The third-order valence-corrected chi connectivity index (χ3v) is 5.62. The number of benzene rings is 2. The molecule has 0 saturated heterocycles. The minimum atomic E-state index is -4.02. The van der Waals surface area contributed by atoms with Gasteiger partial charge in [-0.1, -0.05) is 52.7 Å². The lowest BCUT2D eigenvalue weighted by Gasteiger charge is -2.11. The molecule has 2 aromatic carbocycles. The summed E-state index contributed by atoms with van der Waals surface area (Å²) < 4.78 is 34.1. The molecule has 0 unspecified atom stereocenters. The Balaban J connectivity index is 1.98. The van der Waals surface area contributed by atoms with E-state index in [1.807, 2.05) is 49.4 Å². The van der Waals surface area contributed by atoms with Gasteiger partial charge in [0.15, 0.2) is 6.20 Å². The van der Waals surface area contributed by atoms with Crippen molar-refractivity contribution in [3.05, 3.63) is 77.1 Å². The van der Waals surface area contributed by atoms with E-state index in [4.69, 9.17) is 10.0 Å². The number of hydrogen-bond donors (Lipinski definition) is 1. The fraction of sp³-hybridized carbons (Fsp3) is 0.211. The molecule has 0 atom stereocenters. The summed E-state index contributed by atoms with van der Waals surface area (Å²) in [5, 5.41) is 0. The summed E-state index contributed by atoms with van der Waals surface area (Å²) in [5.41, 5.74) is 3.30. The highest BCUT2D eigenvalue weighted by molar-refractivity contribution is 7.87. The standard InChI is InChI=1S/C19H22N3O3S/c1-14-11-15(2)18(16(3)12-14)26(23,24)25-19-21(9-10-22(19)20)13-17-7-5-4-6-8-17/h4-12H,13,20H2,1-3H3/q+1. The maximum absolute atomic E-state index is 12.9. The third kappa shape index (κ3) is 3.57. The lowest BCUT2D eigenvalue weighted by Crippen LogP contribution is -2.37. The number of nitrogens with two attached hydrogens (primary N) is 1. The van der Waals surface area contributed by atoms with Gasteiger partial charge in [0.1, 0.15) is 17.6 Å². The Morgan fingerprint density at radius 2 is 1.69 bits per heavy atom. The van der Waals surface area contributed by atoms with Crippen LogP contribution in [0.3, 0.4) is 0 Å². The molecule has 1 heterocycles. The highest BCUT2D eigenvalue weighted by Gasteiger charge is 2.29. The van der Waals surface area contributed by atoms with E-state index in [0.717, 1.165) is 11.1 Å². The lowest BCUT2D eigenvalue weighted by atomic mass is 10.1. The fourth-order valence-corrected chi connectivity index (χ4v) is 4.49. The highest BCUT2D eigenvalue weighted by Crippen LogP contribution is 2.24. The van der Waals surface area contributed by atoms with Crippen molar-refractivity contribution in [2.45, 2.75) is 32.2 Å². The van der Waals surface area contributed by atoms with E-state index in [9.17, 15) is 8.42 Å². The summed E-state index contributed by atoms with van der Waals surface area (Å²) in [6.45, 7) is 5.89. The third-order valence-electron chi connectivity index (χ3n) is 4.11. The van der Waals surface area contributed by atoms with Crippen LogP contribution in [0.1, 0.15) is 22.3 Å². The second-order valence-electron chi connectivity index (χ2n) is 6.37. The Hall–Kier alpha value is -2.80. The van der Waals surface area contributed by atoms with Gasteiger partial charge in [-0.3, -0.25) is 5.84 Å². The molecule has 26 heavy (non-hydrogen) atoms. The van der Waals surface area contributed by atoms with E-state index in [1.54, 1.807) is 30.8 Å². The van der Waals surface area contributed by atoms with Crippen LogP contribution in [-0.2, 0) is 16.7 Å². The van der Waals surface area contributed by atoms with Gasteiger partial charge in [0.2, 0.25) is 0 Å². The maximum atomic E-state index is 12.9. The van der Waals surface area contributed by atoms with E-state index in [0.29, 0.717) is 17.7 Å². The van der Waals surface area contributed by atoms with Gasteiger partial charge < -0.3 is 4.18 Å². The smallest absolute Gasteiger partial charge is 0.303 e. The first-order valence-electron chi connectivity index (χ1n) is 8.20. The minimum absolute atomic E-state index is 0.0493. The fourth-order valence-electron chi connectivity index (χ4n) is 3.12. The number of hydrogen-bond acceptors (Lipinski definition) is 4. The molecule has 6 nitrogen and oxygen atoms in total. The predicted octanol–water partition coefficient (Wildman–Crippen LogP) is 2.23. The molecule has 0 aliphatic heterocycles. The molecule has 7 heteroatoms. The normalized spacial score (nSPS) is 11.5. The van der Waals surface area contributed by atoms with E-state index in [-0.39, 0.29) is 10.9 Å². The lowest BCUT2D eigenvalue weighted by molar-refractivity contribution is -0.690. The molecular weight excluding hydrogens is 350 g/mol. The van der Waals surface area contributed by atoms with Crippen molar-refractivity contribution < 1.29 is 17.2 Å². The number of aromatic nitrogens is 2. The van der Waals surface area contributed by atoms with Crippen LogP contribution in [-0.4, -0.2) is 13.1 Å². The summed E-state index contributed by atoms with van der Waals surface area (Å²) in [7, 11) is -4.02. The van der Waals surface area contributed by atoms with Crippen molar-refractivity contribution in [2.24, 2.45) is 0 Å². The summed E-state index contributed by atoms with van der Waals surface area (Å²) in [4.78, 5) is 0.176. The van der Waals surface area contributed by atoms with Gasteiger partial charge in [-0.15, -0.1) is 0 Å².